The molecule has 1 saturated heterocycles. The fourth-order valence-electron chi connectivity index (χ4n) is 5.65. The second kappa shape index (κ2) is 7.00. The lowest BCUT2D eigenvalue weighted by Gasteiger charge is -2.35. The van der Waals surface area contributed by atoms with Gasteiger partial charge in [-0.1, -0.05) is 31.5 Å². The smallest absolute Gasteiger partial charge is 0.242 e. The first-order chi connectivity index (χ1) is 16.1. The molecule has 0 bridgehead atoms. The molecule has 3 aromatic rings. The van der Waals surface area contributed by atoms with E-state index in [1.54, 1.807) is 24.9 Å². The highest BCUT2D eigenvalue weighted by Gasteiger charge is 2.55. The van der Waals surface area contributed by atoms with Crippen LogP contribution in [0.2, 0.25) is 0 Å². The topological polar surface area (TPSA) is 93.7 Å². The Kier molecular flexibility index (Phi) is 4.17. The number of hydrogen-bond acceptors (Lipinski definition) is 5. The number of rotatable bonds is 4. The van der Waals surface area contributed by atoms with Gasteiger partial charge in [0.15, 0.2) is 5.78 Å². The molecule has 1 fully saturated rings. The van der Waals surface area contributed by atoms with E-state index in [1.165, 1.54) is 0 Å². The number of nitrogens with one attached hydrogen (secondary N) is 1. The summed E-state index contributed by atoms with van der Waals surface area (Å²) < 4.78 is 7.67. The highest BCUT2D eigenvalue weighted by atomic mass is 16.3. The monoisotopic (exact) mass is 439 g/mol. The highest BCUT2D eigenvalue weighted by Crippen LogP contribution is 2.48. The van der Waals surface area contributed by atoms with Crippen LogP contribution in [-0.2, 0) is 19.8 Å². The lowest BCUT2D eigenvalue weighted by molar-refractivity contribution is -0.125. The zero-order valence-electron chi connectivity index (χ0n) is 18.0. The van der Waals surface area contributed by atoms with Crippen molar-refractivity contribution >= 4 is 52.1 Å². The van der Waals surface area contributed by atoms with Crippen molar-refractivity contribution in [3.05, 3.63) is 65.1 Å². The number of ketones is 1. The summed E-state index contributed by atoms with van der Waals surface area (Å²) in [5.41, 5.74) is 1.02. The van der Waals surface area contributed by atoms with Gasteiger partial charge in [-0.15, -0.1) is 0 Å². The second-order valence-corrected chi connectivity index (χ2v) is 8.70. The summed E-state index contributed by atoms with van der Waals surface area (Å²) in [5.74, 6) is -1.41. The van der Waals surface area contributed by atoms with E-state index in [4.69, 9.17) is 4.42 Å². The molecular formula is C26H21N3O4. The van der Waals surface area contributed by atoms with Gasteiger partial charge in [0.1, 0.15) is 11.0 Å². The molecule has 2 amide bonds. The van der Waals surface area contributed by atoms with Gasteiger partial charge in [0.2, 0.25) is 11.8 Å². The van der Waals surface area contributed by atoms with Crippen molar-refractivity contribution in [2.75, 3.05) is 0 Å². The van der Waals surface area contributed by atoms with E-state index in [2.05, 4.69) is 10.3 Å². The van der Waals surface area contributed by atoms with Gasteiger partial charge in [0.25, 0.3) is 0 Å². The van der Waals surface area contributed by atoms with Crippen LogP contribution in [0, 0.1) is 5.92 Å². The molecule has 0 saturated carbocycles. The van der Waals surface area contributed by atoms with E-state index >= 15 is 0 Å². The Morgan fingerprint density at radius 2 is 2.09 bits per heavy atom. The van der Waals surface area contributed by atoms with Crippen molar-refractivity contribution in [3.63, 3.8) is 0 Å². The van der Waals surface area contributed by atoms with Crippen LogP contribution in [0.1, 0.15) is 31.7 Å². The van der Waals surface area contributed by atoms with Crippen molar-refractivity contribution in [2.24, 2.45) is 10.9 Å². The normalized spacial score (nSPS) is 23.9. The van der Waals surface area contributed by atoms with Crippen LogP contribution in [-0.4, -0.2) is 28.4 Å². The molecule has 2 unspecified atom stereocenters. The molecular weight excluding hydrogens is 418 g/mol. The number of carbonyl (C=O) groups is 3. The molecule has 1 aromatic carbocycles. The Labute approximate surface area is 188 Å². The number of carbonyl (C=O) groups excluding carboxylic acids is 3. The molecule has 1 N–H and O–H groups in total. The number of benzene rings is 1. The van der Waals surface area contributed by atoms with Gasteiger partial charge in [0, 0.05) is 53.3 Å². The summed E-state index contributed by atoms with van der Waals surface area (Å²) >= 11 is 0. The van der Waals surface area contributed by atoms with Gasteiger partial charge in [-0.05, 0) is 24.1 Å². The average Bonchev–Trinajstić information content (AvgIpc) is 3.47. The van der Waals surface area contributed by atoms with Crippen LogP contribution in [0.3, 0.4) is 0 Å². The zero-order chi connectivity index (χ0) is 22.7. The fraction of sp³-hybridized carbons (Fsp3) is 0.231. The van der Waals surface area contributed by atoms with Crippen LogP contribution >= 0.6 is 0 Å². The van der Waals surface area contributed by atoms with Gasteiger partial charge in [-0.2, -0.15) is 0 Å². The van der Waals surface area contributed by atoms with Crippen LogP contribution < -0.4 is 15.9 Å². The first kappa shape index (κ1) is 19.7. The molecule has 4 heterocycles. The minimum Gasteiger partial charge on any atom is -0.464 e. The number of furan rings is 1. The number of fused-ring (bicyclic) bond motifs is 1. The van der Waals surface area contributed by atoms with Crippen LogP contribution in [0.5, 0.6) is 0 Å². The Hall–Kier alpha value is -4.00. The molecule has 0 spiro atoms. The molecule has 1 aliphatic carbocycles. The minimum atomic E-state index is -1.34. The van der Waals surface area contributed by atoms with Crippen molar-refractivity contribution in [2.45, 2.75) is 31.6 Å². The number of aliphatic imine (C=N–C) groups is 1. The molecule has 2 atom stereocenters. The summed E-state index contributed by atoms with van der Waals surface area (Å²) in [6, 6.07) is 9.36. The third-order valence-corrected chi connectivity index (χ3v) is 6.95. The van der Waals surface area contributed by atoms with Crippen LogP contribution in [0.4, 0.5) is 0 Å². The minimum absolute atomic E-state index is 0.0711. The lowest BCUT2D eigenvalue weighted by atomic mass is 9.64. The SMILES string of the molecule is CCCC1C(=O)C2=c3c(ccn3C=CN=C2)=C1C1(c2cccc3ccoc23)CC(=O)NC1=O. The second-order valence-electron chi connectivity index (χ2n) is 8.70. The van der Waals surface area contributed by atoms with E-state index in [-0.39, 0.29) is 18.1 Å². The zero-order valence-corrected chi connectivity index (χ0v) is 18.0. The van der Waals surface area contributed by atoms with Gasteiger partial charge in [-0.3, -0.25) is 24.7 Å². The van der Waals surface area contributed by atoms with Crippen molar-refractivity contribution in [3.8, 4) is 0 Å². The number of aromatic nitrogens is 1. The molecule has 3 aliphatic rings. The number of hydrogen-bond donors (Lipinski definition) is 1. The van der Waals surface area contributed by atoms with Gasteiger partial charge in [0.05, 0.1) is 17.2 Å². The molecule has 0 radical (unpaired) electrons. The van der Waals surface area contributed by atoms with Crippen LogP contribution in [0.15, 0.2) is 58.4 Å². The predicted octanol–water partition coefficient (Wildman–Crippen LogP) is 2.03. The molecule has 2 aliphatic heterocycles. The highest BCUT2D eigenvalue weighted by molar-refractivity contribution is 6.39. The van der Waals surface area contributed by atoms with E-state index in [9.17, 15) is 14.4 Å². The van der Waals surface area contributed by atoms with Gasteiger partial charge >= 0.3 is 0 Å². The maximum absolute atomic E-state index is 13.9. The Morgan fingerprint density at radius 1 is 1.21 bits per heavy atom. The van der Waals surface area contributed by atoms with E-state index < -0.39 is 17.2 Å². The Balaban J connectivity index is 1.81. The van der Waals surface area contributed by atoms with E-state index in [0.29, 0.717) is 34.1 Å². The maximum Gasteiger partial charge on any atom is 0.242 e. The third-order valence-electron chi connectivity index (χ3n) is 6.95. The summed E-state index contributed by atoms with van der Waals surface area (Å²) in [6.45, 7) is 2.01. The summed E-state index contributed by atoms with van der Waals surface area (Å²) in [7, 11) is 0. The maximum atomic E-state index is 13.9. The largest absolute Gasteiger partial charge is 0.464 e. The standard InChI is InChI=1S/C26H21N3O4/c1-2-4-17-21(16-7-10-29-11-9-27-14-18(22(16)29)23(17)31)26(13-20(30)28-25(26)32)19-6-3-5-15-8-12-33-24(15)19/h3,5-12,14,17H,2,4,13H2,1H3,(H,28,30,32). The summed E-state index contributed by atoms with van der Waals surface area (Å²) in [4.78, 5) is 44.5. The predicted molar refractivity (Wildman–Crippen MR) is 123 cm³/mol. The molecule has 2 aromatic heterocycles. The third kappa shape index (κ3) is 2.56. The first-order valence-electron chi connectivity index (χ1n) is 11.1. The lowest BCUT2D eigenvalue weighted by Crippen LogP contribution is -2.50. The quantitative estimate of drug-likeness (QED) is 0.630. The average molecular weight is 439 g/mol. The van der Waals surface area contributed by atoms with Crippen molar-refractivity contribution in [1.29, 1.82) is 0 Å². The van der Waals surface area contributed by atoms with E-state index in [1.807, 2.05) is 48.0 Å². The molecule has 33 heavy (non-hydrogen) atoms. The van der Waals surface area contributed by atoms with Crippen LogP contribution in [0.25, 0.3) is 28.3 Å². The number of para-hydroxylation sites is 1. The Morgan fingerprint density at radius 3 is 2.88 bits per heavy atom. The number of imide groups is 1. The molecule has 7 heteroatoms. The van der Waals surface area contributed by atoms with E-state index in [0.717, 1.165) is 17.0 Å². The Bertz CT molecular complexity index is 1550. The number of Topliss-reactive ketones (excluding diaryl/α,β-unsaturated/α-hetero) is 1. The fourth-order valence-corrected chi connectivity index (χ4v) is 5.65. The summed E-state index contributed by atoms with van der Waals surface area (Å²) in [6.07, 6.45) is 9.70. The molecule has 164 valence electrons. The van der Waals surface area contributed by atoms with Gasteiger partial charge < -0.3 is 8.98 Å². The van der Waals surface area contributed by atoms with Crippen molar-refractivity contribution in [1.82, 2.24) is 9.88 Å². The number of amides is 2. The molecule has 7 nitrogen and oxygen atoms in total. The molecule has 6 rings (SSSR count). The van der Waals surface area contributed by atoms with Gasteiger partial charge in [-0.25, -0.2) is 0 Å². The summed E-state index contributed by atoms with van der Waals surface area (Å²) in [5, 5.41) is 4.87. The van der Waals surface area contributed by atoms with Crippen molar-refractivity contribution < 1.29 is 18.8 Å². The number of nitrogens with zero attached hydrogens (tertiary/aromatic N) is 2. The first-order valence-corrected chi connectivity index (χ1v) is 11.1.